The summed E-state index contributed by atoms with van der Waals surface area (Å²) in [5.74, 6) is -0.179. The van der Waals surface area contributed by atoms with Gasteiger partial charge in [-0.05, 0) is 67.0 Å². The predicted molar refractivity (Wildman–Crippen MR) is 183 cm³/mol. The van der Waals surface area contributed by atoms with Gasteiger partial charge in [-0.2, -0.15) is 10.4 Å². The average molecular weight is 647 g/mol. The van der Waals surface area contributed by atoms with E-state index in [9.17, 15) is 10.1 Å². The summed E-state index contributed by atoms with van der Waals surface area (Å²) in [6.45, 7) is 7.29. The minimum absolute atomic E-state index is 0.0474. The Hall–Kier alpha value is -3.96. The number of alkyl halides is 1. The van der Waals surface area contributed by atoms with Gasteiger partial charge in [-0.25, -0.2) is 4.98 Å². The smallest absolute Gasteiger partial charge is 0.243 e. The minimum atomic E-state index is -0.658. The van der Waals surface area contributed by atoms with Crippen LogP contribution in [0.15, 0.2) is 97.6 Å². The van der Waals surface area contributed by atoms with E-state index in [0.717, 1.165) is 52.2 Å². The molecular formula is C36H41Cl2N5O2. The molecule has 1 heterocycles. The van der Waals surface area contributed by atoms with Gasteiger partial charge in [0.05, 0.1) is 24.9 Å². The molecule has 0 saturated carbocycles. The van der Waals surface area contributed by atoms with Crippen LogP contribution in [0.2, 0.25) is 5.02 Å². The molecule has 4 aromatic rings. The summed E-state index contributed by atoms with van der Waals surface area (Å²) in [7, 11) is 0. The molecule has 7 nitrogen and oxygen atoms in total. The maximum Gasteiger partial charge on any atom is 0.243 e. The average Bonchev–Trinajstić information content (AvgIpc) is 3.60. The molecule has 1 atom stereocenters. The summed E-state index contributed by atoms with van der Waals surface area (Å²) in [6.07, 6.45) is 10.2. The van der Waals surface area contributed by atoms with E-state index in [-0.39, 0.29) is 18.5 Å². The van der Waals surface area contributed by atoms with Crippen LogP contribution in [0.5, 0.6) is 0 Å². The number of ether oxygens (including phenoxy) is 1. The van der Waals surface area contributed by atoms with Gasteiger partial charge in [0, 0.05) is 5.02 Å². The molecule has 1 aromatic heterocycles. The van der Waals surface area contributed by atoms with Crippen LogP contribution in [0, 0.1) is 11.3 Å². The number of benzene rings is 3. The van der Waals surface area contributed by atoms with Crippen molar-refractivity contribution in [2.45, 2.75) is 58.4 Å². The Balaban J connectivity index is 0.000000248. The van der Waals surface area contributed by atoms with Gasteiger partial charge in [-0.1, -0.05) is 98.3 Å². The van der Waals surface area contributed by atoms with Gasteiger partial charge in [0.15, 0.2) is 0 Å². The van der Waals surface area contributed by atoms with E-state index in [0.29, 0.717) is 19.6 Å². The summed E-state index contributed by atoms with van der Waals surface area (Å²) >= 11 is 11.7. The first-order valence-corrected chi connectivity index (χ1v) is 16.0. The van der Waals surface area contributed by atoms with Crippen LogP contribution in [0.4, 0.5) is 5.69 Å². The molecule has 0 bridgehead atoms. The number of para-hydroxylation sites is 1. The minimum Gasteiger partial charge on any atom is -0.357 e. The van der Waals surface area contributed by atoms with Crippen molar-refractivity contribution in [2.24, 2.45) is 0 Å². The van der Waals surface area contributed by atoms with Gasteiger partial charge in [0.25, 0.3) is 0 Å². The number of carbonyl (C=O) groups excluding carboxylic acids is 1. The Kier molecular flexibility index (Phi) is 14.8. The highest BCUT2D eigenvalue weighted by atomic mass is 35.5. The maximum atomic E-state index is 12.2. The fourth-order valence-electron chi connectivity index (χ4n) is 5.03. The normalized spacial score (nSPS) is 12.2. The lowest BCUT2D eigenvalue weighted by molar-refractivity contribution is -0.117. The summed E-state index contributed by atoms with van der Waals surface area (Å²) in [5.41, 5.74) is 4.73. The molecule has 0 saturated heterocycles. The fraction of sp³-hybridized carbons (Fsp3) is 0.333. The number of anilines is 1. The summed E-state index contributed by atoms with van der Waals surface area (Å²) in [5, 5.41) is 14.9. The third-order valence-corrected chi connectivity index (χ3v) is 7.99. The van der Waals surface area contributed by atoms with Crippen LogP contribution in [0.25, 0.3) is 0 Å². The molecule has 0 aliphatic rings. The largest absolute Gasteiger partial charge is 0.357 e. The van der Waals surface area contributed by atoms with Crippen LogP contribution < -0.4 is 4.90 Å². The van der Waals surface area contributed by atoms with Crippen LogP contribution in [0.3, 0.4) is 0 Å². The van der Waals surface area contributed by atoms with Crippen molar-refractivity contribution in [3.63, 3.8) is 0 Å². The molecule has 0 radical (unpaired) electrons. The number of halogens is 2. The zero-order valence-corrected chi connectivity index (χ0v) is 27.7. The summed E-state index contributed by atoms with van der Waals surface area (Å²) < 4.78 is 7.29. The molecule has 236 valence electrons. The maximum absolute atomic E-state index is 12.2. The van der Waals surface area contributed by atoms with Crippen molar-refractivity contribution >= 4 is 34.8 Å². The highest BCUT2D eigenvalue weighted by molar-refractivity contribution is 6.30. The third kappa shape index (κ3) is 10.3. The number of rotatable bonds is 14. The number of hydrogen-bond acceptors (Lipinski definition) is 5. The molecule has 3 aromatic carbocycles. The molecule has 0 fully saturated rings. The van der Waals surface area contributed by atoms with Gasteiger partial charge in [-0.3, -0.25) is 14.4 Å². The predicted octanol–water partition coefficient (Wildman–Crippen LogP) is 7.96. The Morgan fingerprint density at radius 3 is 2.29 bits per heavy atom. The lowest BCUT2D eigenvalue weighted by Gasteiger charge is -2.27. The fourth-order valence-corrected chi connectivity index (χ4v) is 5.30. The Labute approximate surface area is 277 Å². The van der Waals surface area contributed by atoms with Crippen molar-refractivity contribution in [1.29, 1.82) is 5.26 Å². The first-order valence-electron chi connectivity index (χ1n) is 15.1. The summed E-state index contributed by atoms with van der Waals surface area (Å²) in [6, 6.07) is 26.3. The van der Waals surface area contributed by atoms with Gasteiger partial charge in [-0.15, -0.1) is 11.6 Å². The number of amides is 1. The van der Waals surface area contributed by atoms with Gasteiger partial charge in [0.1, 0.15) is 30.7 Å². The Bertz CT molecular complexity index is 1500. The Morgan fingerprint density at radius 2 is 1.73 bits per heavy atom. The topological polar surface area (TPSA) is 84.0 Å². The number of nitriles is 1. The lowest BCUT2D eigenvalue weighted by atomic mass is 9.77. The van der Waals surface area contributed by atoms with Crippen LogP contribution >= 0.6 is 23.2 Å². The number of aromatic nitrogens is 3. The van der Waals surface area contributed by atoms with Crippen LogP contribution in [0.1, 0.15) is 49.4 Å². The molecule has 1 unspecified atom stereocenters. The van der Waals surface area contributed by atoms with E-state index in [1.165, 1.54) is 6.33 Å². The highest BCUT2D eigenvalue weighted by Gasteiger charge is 2.33. The molecule has 0 N–H and O–H groups in total. The standard InChI is InChI=1S/C19H17ClN4.C17H24ClNO2/c20-18-8-6-16(7-9-18)10-11-19(12-21,13-24-15-22-14-23-24)17-4-2-1-3-5-17;1-4-7-11-21-13-19(16(20)12-18)17-14(5-2)9-8-10-15(17)6-3/h1-9,14-15H,10-11,13H2;4,7-10H,5-6,11-13H2,1-3H3/b;7-4-. The quantitative estimate of drug-likeness (QED) is 0.0601. The number of aryl methyl sites for hydroxylation is 3. The van der Waals surface area contributed by atoms with E-state index in [1.807, 2.05) is 79.7 Å². The molecule has 0 aliphatic heterocycles. The number of hydrogen-bond donors (Lipinski definition) is 0. The van der Waals surface area contributed by atoms with Crippen molar-refractivity contribution in [2.75, 3.05) is 24.1 Å². The second-order valence-electron chi connectivity index (χ2n) is 10.4. The first kappa shape index (κ1) is 35.5. The van der Waals surface area contributed by atoms with Gasteiger partial charge in [0.2, 0.25) is 5.91 Å². The first-order chi connectivity index (χ1) is 21.9. The molecule has 1 amide bonds. The van der Waals surface area contributed by atoms with E-state index in [1.54, 1.807) is 15.9 Å². The lowest BCUT2D eigenvalue weighted by Crippen LogP contribution is -2.35. The molecule has 0 aliphatic carbocycles. The SMILES string of the molecule is C/C=C\COCN(C(=O)CCl)c1c(CC)cccc1CC.N#CC(CCc1ccc(Cl)cc1)(Cn1cncn1)c1ccccc1. The molecule has 0 spiro atoms. The zero-order chi connectivity index (χ0) is 32.5. The highest BCUT2D eigenvalue weighted by Crippen LogP contribution is 2.31. The van der Waals surface area contributed by atoms with E-state index in [2.05, 4.69) is 42.1 Å². The van der Waals surface area contributed by atoms with E-state index in [4.69, 9.17) is 27.9 Å². The van der Waals surface area contributed by atoms with Crippen molar-refractivity contribution < 1.29 is 9.53 Å². The van der Waals surface area contributed by atoms with Crippen LogP contribution in [-0.4, -0.2) is 39.9 Å². The second kappa shape index (κ2) is 18.8. The molecular weight excluding hydrogens is 605 g/mol. The zero-order valence-electron chi connectivity index (χ0n) is 26.2. The number of allylic oxidation sites excluding steroid dienone is 1. The summed E-state index contributed by atoms with van der Waals surface area (Å²) in [4.78, 5) is 17.9. The van der Waals surface area contributed by atoms with Gasteiger partial charge < -0.3 is 4.74 Å². The van der Waals surface area contributed by atoms with Crippen molar-refractivity contribution in [1.82, 2.24) is 14.8 Å². The third-order valence-electron chi connectivity index (χ3n) is 7.51. The van der Waals surface area contributed by atoms with Gasteiger partial charge >= 0.3 is 0 Å². The Morgan fingerprint density at radius 1 is 1.04 bits per heavy atom. The molecule has 4 rings (SSSR count). The van der Waals surface area contributed by atoms with Crippen molar-refractivity contribution in [3.05, 3.63) is 125 Å². The van der Waals surface area contributed by atoms with Crippen molar-refractivity contribution in [3.8, 4) is 6.07 Å². The number of nitrogens with zero attached hydrogens (tertiary/aromatic N) is 5. The monoisotopic (exact) mass is 645 g/mol. The number of carbonyl (C=O) groups is 1. The van der Waals surface area contributed by atoms with E-state index < -0.39 is 5.41 Å². The molecule has 45 heavy (non-hydrogen) atoms. The van der Waals surface area contributed by atoms with Crippen LogP contribution in [-0.2, 0) is 40.8 Å². The molecule has 9 heteroatoms. The van der Waals surface area contributed by atoms with E-state index >= 15 is 0 Å². The second-order valence-corrected chi connectivity index (χ2v) is 11.1.